The number of aromatic nitrogens is 2. The maximum absolute atomic E-state index is 13.1. The van der Waals surface area contributed by atoms with Crippen molar-refractivity contribution >= 4 is 74.8 Å². The number of rotatable bonds is 16. The van der Waals surface area contributed by atoms with Gasteiger partial charge in [0.2, 0.25) is 0 Å². The zero-order chi connectivity index (χ0) is 71.5. The fourth-order valence-corrected chi connectivity index (χ4v) is 26.2. The second-order valence-corrected chi connectivity index (χ2v) is 41.9. The fourth-order valence-electron chi connectivity index (χ4n) is 23.3. The van der Waals surface area contributed by atoms with Gasteiger partial charge in [-0.15, -0.1) is 0 Å². The van der Waals surface area contributed by atoms with Gasteiger partial charge in [-0.25, -0.2) is 45.8 Å². The molecular formula is C78H135IN6O12S2Si. The van der Waals surface area contributed by atoms with E-state index in [0.717, 1.165) is 140 Å². The summed E-state index contributed by atoms with van der Waals surface area (Å²) in [5, 5.41) is 29.5. The maximum Gasteiger partial charge on any atom is 0.421 e. The minimum atomic E-state index is -4.10. The Morgan fingerprint density at radius 3 is 1.40 bits per heavy atom. The Morgan fingerprint density at radius 2 is 0.980 bits per heavy atom. The Bertz CT molecular complexity index is 3180. The molecule has 0 spiro atoms. The number of pyridine rings is 2. The van der Waals surface area contributed by atoms with Gasteiger partial charge in [0.1, 0.15) is 21.4 Å². The number of hydrogen-bond acceptors (Lipinski definition) is 16. The molecule has 22 heteroatoms. The van der Waals surface area contributed by atoms with Gasteiger partial charge in [0.25, 0.3) is 20.0 Å². The number of ether oxygens (including phenoxy) is 2. The summed E-state index contributed by atoms with van der Waals surface area (Å²) in [6.07, 6.45) is 25.3. The molecule has 0 radical (unpaired) electrons. The lowest BCUT2D eigenvalue weighted by atomic mass is 9.41. The first kappa shape index (κ1) is 84.4. The standard InChI is InChI=1S/C39H65N3O5SSi.C35H55N3O6S.CH3I.CH4O.2CH4/c1-9-29-33-23-26(2)17-19-39(33,5)32-18-20-38(4)30(14-15-31(38)35(32)36(29)47-49(6,7)8)27(3)25-46-37(43)41-48(44,45)28-13-16-34(40-24-28)42-21-11-10-12-22-42;1-5-25-29-19-23(39)13-15-35(29,4)28-14-16-34(3)26(10-11-27(34)31(28)32(25)40)22(2)21-44-33(41)37-45(42,43)24-9-12-30(36-20-24)38-17-7-6-8-18-38;2*1-2;;/h13,16,24,26-27,29-33,35-36H,9-12,14-15,17-23,25H2,1-8H3,(H,41,43);9,12,20,22-23,25-29,31-32,39-40H,5-8,10-11,13-19,21H2,1-4H3,(H,37,41);1H3;2H,1H3;2*1H4/t26-,27-,29-,30-,31+,32+,33+,35+,36-,38-,39-;22-,23-,25-,26-,27+,28+,29+,31+,32-,34-,35-;;;;/m11..../s1. The first-order valence-corrected chi connectivity index (χ1v) is 46.7. The quantitative estimate of drug-likeness (QED) is 0.0596. The van der Waals surface area contributed by atoms with Gasteiger partial charge in [0, 0.05) is 45.7 Å². The molecule has 10 fully saturated rings. The number of carbonyl (C=O) groups is 2. The van der Waals surface area contributed by atoms with Crippen LogP contribution in [0.15, 0.2) is 46.5 Å². The Labute approximate surface area is 620 Å². The van der Waals surface area contributed by atoms with Gasteiger partial charge >= 0.3 is 12.2 Å². The molecule has 4 heterocycles. The molecule has 2 saturated heterocycles. The first-order valence-electron chi connectivity index (χ1n) is 38.1. The number of piperidine rings is 2. The second kappa shape index (κ2) is 34.8. The summed E-state index contributed by atoms with van der Waals surface area (Å²) < 4.78 is 74.7. The van der Waals surface area contributed by atoms with Crippen molar-refractivity contribution in [3.8, 4) is 0 Å². The molecular weight excluding hydrogens is 1430 g/mol. The van der Waals surface area contributed by atoms with Gasteiger partial charge in [-0.05, 0) is 281 Å². The summed E-state index contributed by atoms with van der Waals surface area (Å²) in [6.45, 7) is 32.6. The van der Waals surface area contributed by atoms with Crippen molar-refractivity contribution < 1.29 is 55.6 Å². The molecule has 0 bridgehead atoms. The lowest BCUT2D eigenvalue weighted by Gasteiger charge is -2.66. The molecule has 0 aromatic carbocycles. The predicted octanol–water partition coefficient (Wildman–Crippen LogP) is 16.6. The van der Waals surface area contributed by atoms with E-state index in [-0.39, 0.29) is 90.0 Å². The molecule has 12 rings (SSSR count). The van der Waals surface area contributed by atoms with Crippen LogP contribution in [0.3, 0.4) is 0 Å². The number of halogens is 1. The highest BCUT2D eigenvalue weighted by Crippen LogP contribution is 2.72. The number of sulfonamides is 2. The highest BCUT2D eigenvalue weighted by Gasteiger charge is 2.67. The van der Waals surface area contributed by atoms with Crippen LogP contribution in [0.25, 0.3) is 0 Å². The van der Waals surface area contributed by atoms with E-state index in [2.05, 4.69) is 134 Å². The summed E-state index contributed by atoms with van der Waals surface area (Å²) in [4.78, 5) is 40.6. The van der Waals surface area contributed by atoms with Crippen LogP contribution < -0.4 is 19.2 Å². The number of nitrogens with zero attached hydrogens (tertiary/aromatic N) is 4. The highest BCUT2D eigenvalue weighted by atomic mass is 127. The topological polar surface area (TPSA) is 247 Å². The smallest absolute Gasteiger partial charge is 0.421 e. The van der Waals surface area contributed by atoms with E-state index >= 15 is 0 Å². The minimum absolute atomic E-state index is 0. The predicted molar refractivity (Wildman–Crippen MR) is 413 cm³/mol. The number of carbonyl (C=O) groups excluding carboxylic acids is 2. The first-order chi connectivity index (χ1) is 46.5. The lowest BCUT2D eigenvalue weighted by molar-refractivity contribution is -0.203. The van der Waals surface area contributed by atoms with Crippen LogP contribution in [0.2, 0.25) is 19.6 Å². The Kier molecular flexibility index (Phi) is 29.4. The van der Waals surface area contributed by atoms with E-state index in [1.165, 1.54) is 82.3 Å². The summed E-state index contributed by atoms with van der Waals surface area (Å²) in [7, 11) is -8.97. The van der Waals surface area contributed by atoms with E-state index < -0.39 is 40.6 Å². The minimum Gasteiger partial charge on any atom is -0.449 e. The number of aliphatic hydroxyl groups excluding tert-OH is 3. The maximum atomic E-state index is 13.1. The van der Waals surface area contributed by atoms with Crippen molar-refractivity contribution in [3.63, 3.8) is 0 Å². The second-order valence-electron chi connectivity index (χ2n) is 34.1. The van der Waals surface area contributed by atoms with Crippen LogP contribution in [0.5, 0.6) is 0 Å². The van der Waals surface area contributed by atoms with Crippen LogP contribution in [0.4, 0.5) is 21.2 Å². The fraction of sp³-hybridized carbons (Fsp3) is 0.846. The summed E-state index contributed by atoms with van der Waals surface area (Å²) >= 11 is 2.15. The number of nitrogens with one attached hydrogen (secondary N) is 2. The third-order valence-corrected chi connectivity index (χ3v) is 31.4. The van der Waals surface area contributed by atoms with Crippen LogP contribution in [-0.2, 0) is 33.9 Å². The van der Waals surface area contributed by atoms with Crippen LogP contribution in [0, 0.1) is 110 Å². The largest absolute Gasteiger partial charge is 0.449 e. The molecule has 8 aliphatic carbocycles. The van der Waals surface area contributed by atoms with Crippen LogP contribution >= 0.6 is 22.6 Å². The van der Waals surface area contributed by atoms with E-state index in [0.29, 0.717) is 64.8 Å². The average molecular weight is 1570 g/mol. The summed E-state index contributed by atoms with van der Waals surface area (Å²) in [5.41, 5.74) is 0.729. The molecule has 2 aromatic heterocycles. The van der Waals surface area contributed by atoms with Gasteiger partial charge in [0.05, 0.1) is 31.5 Å². The molecule has 8 saturated carbocycles. The lowest BCUT2D eigenvalue weighted by Crippen LogP contribution is -2.63. The van der Waals surface area contributed by atoms with Crippen molar-refractivity contribution in [2.75, 3.05) is 61.2 Å². The van der Waals surface area contributed by atoms with Crippen molar-refractivity contribution in [1.29, 1.82) is 0 Å². The van der Waals surface area contributed by atoms with E-state index in [9.17, 15) is 36.6 Å². The number of aliphatic hydroxyl groups is 3. The molecule has 22 atom stereocenters. The van der Waals surface area contributed by atoms with Gasteiger partial charge in [-0.2, -0.15) is 0 Å². The van der Waals surface area contributed by atoms with Crippen molar-refractivity contribution in [1.82, 2.24) is 19.4 Å². The Hall–Kier alpha value is -2.87. The van der Waals surface area contributed by atoms with Crippen molar-refractivity contribution in [2.45, 2.75) is 266 Å². The number of anilines is 2. The zero-order valence-corrected chi connectivity index (χ0v) is 66.9. The molecule has 18 nitrogen and oxygen atoms in total. The zero-order valence-electron chi connectivity index (χ0n) is 62.2. The van der Waals surface area contributed by atoms with E-state index in [4.69, 9.17) is 19.0 Å². The average Bonchev–Trinajstić information content (AvgIpc) is 1.29. The Morgan fingerprint density at radius 1 is 0.580 bits per heavy atom. The SMILES string of the molecule is C.C.CC[C@H]1[C@@H](O)[C@@H]2[C@H](CC[C@]3(C)[C@@H]([C@H](C)COC(=O)NS(=O)(=O)c4ccc(N5CCCCC5)nc4)CC[C@@H]23)[C@@]2(C)CC[C@@H](O)C[C@@H]12.CC[C@H]1[C@@H](O[Si](C)(C)C)[C@@H]2[C@H](CC[C@]3(C)[C@@H]([C@H](C)COC(=O)NS(=O)(=O)c4ccc(N5CCCCC5)nc4)CC[C@@H]23)[C@@]2(C)CC[C@@H](C)C[C@@H]12.CI.CO. The monoisotopic (exact) mass is 1570 g/mol. The van der Waals surface area contributed by atoms with Gasteiger partial charge < -0.3 is 39.0 Å². The molecule has 572 valence electrons. The van der Waals surface area contributed by atoms with Gasteiger partial charge in [-0.3, -0.25) is 0 Å². The summed E-state index contributed by atoms with van der Waals surface area (Å²) in [5.74, 6) is 8.22. The number of amides is 2. The van der Waals surface area contributed by atoms with Crippen LogP contribution in [-0.4, -0.2) is 132 Å². The molecule has 5 N–H and O–H groups in total. The normalized spacial score (nSPS) is 37.3. The molecule has 0 unspecified atom stereocenters. The Balaban J connectivity index is 0.000000263. The third kappa shape index (κ3) is 17.4. The number of fused-ring (bicyclic) bond motifs is 10. The molecule has 10 aliphatic rings. The highest BCUT2D eigenvalue weighted by molar-refractivity contribution is 14.1. The third-order valence-electron chi connectivity index (χ3n) is 27.9. The molecule has 2 amide bonds. The molecule has 2 aromatic rings. The van der Waals surface area contributed by atoms with Gasteiger partial charge in [-0.1, -0.05) is 119 Å². The number of alkyl halides is 1. The van der Waals surface area contributed by atoms with Gasteiger partial charge in [0.15, 0.2) is 8.32 Å². The van der Waals surface area contributed by atoms with E-state index in [1.54, 1.807) is 12.1 Å². The van der Waals surface area contributed by atoms with Crippen LogP contribution in [0.1, 0.15) is 218 Å². The molecule has 100 heavy (non-hydrogen) atoms. The van der Waals surface area contributed by atoms with Crippen molar-refractivity contribution in [2.24, 2.45) is 110 Å². The van der Waals surface area contributed by atoms with E-state index in [1.807, 2.05) is 4.93 Å². The number of hydrogen-bond donors (Lipinski definition) is 5. The molecule has 2 aliphatic heterocycles. The van der Waals surface area contributed by atoms with Crippen molar-refractivity contribution in [3.05, 3.63) is 36.7 Å². The summed E-state index contributed by atoms with van der Waals surface area (Å²) in [6, 6.07) is 6.44.